The second-order valence-corrected chi connectivity index (χ2v) is 4.46. The average molecular weight is 235 g/mol. The topological polar surface area (TPSA) is 39.9 Å². The maximum absolute atomic E-state index is 8.85. The normalized spacial score (nSPS) is 13.2. The number of rotatable bonds is 2. The SMILES string of the molecule is N#Cc1cc(CN2CCc3ccccc32)ccn1. The highest BCUT2D eigenvalue weighted by Crippen LogP contribution is 2.28. The molecule has 0 saturated heterocycles. The van der Waals surface area contributed by atoms with Crippen LogP contribution in [-0.2, 0) is 13.0 Å². The third kappa shape index (κ3) is 1.93. The van der Waals surface area contributed by atoms with Crippen molar-refractivity contribution >= 4 is 5.69 Å². The lowest BCUT2D eigenvalue weighted by molar-refractivity contribution is 0.834. The fraction of sp³-hybridized carbons (Fsp3) is 0.200. The first-order valence-corrected chi connectivity index (χ1v) is 6.05. The van der Waals surface area contributed by atoms with E-state index in [1.54, 1.807) is 6.20 Å². The Balaban J connectivity index is 1.84. The van der Waals surface area contributed by atoms with Gasteiger partial charge in [-0.2, -0.15) is 5.26 Å². The summed E-state index contributed by atoms with van der Waals surface area (Å²) in [5.74, 6) is 0. The van der Waals surface area contributed by atoms with Crippen LogP contribution in [0, 0.1) is 11.3 Å². The molecule has 0 fully saturated rings. The first-order chi connectivity index (χ1) is 8.86. The van der Waals surface area contributed by atoms with Crippen molar-refractivity contribution in [2.45, 2.75) is 13.0 Å². The summed E-state index contributed by atoms with van der Waals surface area (Å²) in [5, 5.41) is 8.85. The predicted octanol–water partition coefficient (Wildman–Crippen LogP) is 2.52. The molecular formula is C15H13N3. The molecule has 3 rings (SSSR count). The molecule has 1 aliphatic rings. The molecule has 0 aliphatic carbocycles. The van der Waals surface area contributed by atoms with Crippen LogP contribution in [0.4, 0.5) is 5.69 Å². The molecule has 0 radical (unpaired) electrons. The summed E-state index contributed by atoms with van der Waals surface area (Å²) in [6, 6.07) is 14.4. The summed E-state index contributed by atoms with van der Waals surface area (Å²) in [6.45, 7) is 1.89. The van der Waals surface area contributed by atoms with E-state index in [4.69, 9.17) is 5.26 Å². The first kappa shape index (κ1) is 10.8. The van der Waals surface area contributed by atoms with Gasteiger partial charge in [-0.25, -0.2) is 4.98 Å². The van der Waals surface area contributed by atoms with E-state index in [9.17, 15) is 0 Å². The number of nitrogens with zero attached hydrogens (tertiary/aromatic N) is 3. The van der Waals surface area contributed by atoms with Gasteiger partial charge in [0.05, 0.1) is 0 Å². The predicted molar refractivity (Wildman–Crippen MR) is 70.1 cm³/mol. The van der Waals surface area contributed by atoms with Gasteiger partial charge in [0.2, 0.25) is 0 Å². The average Bonchev–Trinajstić information content (AvgIpc) is 2.83. The Kier molecular flexibility index (Phi) is 2.70. The van der Waals surface area contributed by atoms with Gasteiger partial charge in [0, 0.05) is 25.0 Å². The molecule has 3 heteroatoms. The Bertz CT molecular complexity index is 613. The van der Waals surface area contributed by atoms with Gasteiger partial charge < -0.3 is 4.90 Å². The van der Waals surface area contributed by atoms with Crippen LogP contribution >= 0.6 is 0 Å². The zero-order valence-electron chi connectivity index (χ0n) is 10.0. The van der Waals surface area contributed by atoms with Crippen LogP contribution in [0.15, 0.2) is 42.6 Å². The summed E-state index contributed by atoms with van der Waals surface area (Å²) < 4.78 is 0. The highest BCUT2D eigenvalue weighted by atomic mass is 15.1. The molecule has 0 N–H and O–H groups in total. The summed E-state index contributed by atoms with van der Waals surface area (Å²) in [5.41, 5.74) is 4.35. The number of fused-ring (bicyclic) bond motifs is 1. The molecule has 3 nitrogen and oxygen atoms in total. The largest absolute Gasteiger partial charge is 0.367 e. The molecule has 0 saturated carbocycles. The van der Waals surface area contributed by atoms with Gasteiger partial charge in [-0.1, -0.05) is 18.2 Å². The van der Waals surface area contributed by atoms with Gasteiger partial charge in [0.15, 0.2) is 0 Å². The number of hydrogen-bond donors (Lipinski definition) is 0. The number of nitriles is 1. The molecule has 88 valence electrons. The van der Waals surface area contributed by atoms with E-state index in [0.29, 0.717) is 5.69 Å². The number of aromatic nitrogens is 1. The standard InChI is InChI=1S/C15H13N3/c16-10-14-9-12(5-7-17-14)11-18-8-6-13-3-1-2-4-15(13)18/h1-5,7,9H,6,8,11H2. The van der Waals surface area contributed by atoms with Crippen LogP contribution in [0.5, 0.6) is 0 Å². The molecular weight excluding hydrogens is 222 g/mol. The molecule has 1 aromatic carbocycles. The number of para-hydroxylation sites is 1. The smallest absolute Gasteiger partial charge is 0.140 e. The van der Waals surface area contributed by atoms with Crippen LogP contribution in [0.1, 0.15) is 16.8 Å². The van der Waals surface area contributed by atoms with Crippen molar-refractivity contribution in [3.63, 3.8) is 0 Å². The summed E-state index contributed by atoms with van der Waals surface area (Å²) >= 11 is 0. The molecule has 0 bridgehead atoms. The highest BCUT2D eigenvalue weighted by molar-refractivity contribution is 5.58. The van der Waals surface area contributed by atoms with Crippen molar-refractivity contribution in [1.29, 1.82) is 5.26 Å². The Morgan fingerprint density at radius 3 is 3.06 bits per heavy atom. The van der Waals surface area contributed by atoms with Crippen molar-refractivity contribution in [3.8, 4) is 6.07 Å². The highest BCUT2D eigenvalue weighted by Gasteiger charge is 2.18. The monoisotopic (exact) mass is 235 g/mol. The Labute approximate surface area is 106 Å². The van der Waals surface area contributed by atoms with Crippen molar-refractivity contribution in [1.82, 2.24) is 4.98 Å². The summed E-state index contributed by atoms with van der Waals surface area (Å²) in [7, 11) is 0. The van der Waals surface area contributed by atoms with E-state index >= 15 is 0 Å². The molecule has 0 unspecified atom stereocenters. The molecule has 2 heterocycles. The van der Waals surface area contributed by atoms with E-state index in [-0.39, 0.29) is 0 Å². The van der Waals surface area contributed by atoms with Crippen LogP contribution in [0.2, 0.25) is 0 Å². The molecule has 2 aromatic rings. The maximum Gasteiger partial charge on any atom is 0.140 e. The van der Waals surface area contributed by atoms with E-state index in [1.807, 2.05) is 12.1 Å². The minimum Gasteiger partial charge on any atom is -0.367 e. The number of anilines is 1. The molecule has 1 aromatic heterocycles. The lowest BCUT2D eigenvalue weighted by Crippen LogP contribution is -2.19. The van der Waals surface area contributed by atoms with Crippen LogP contribution < -0.4 is 4.90 Å². The second-order valence-electron chi connectivity index (χ2n) is 4.46. The van der Waals surface area contributed by atoms with Gasteiger partial charge in [-0.15, -0.1) is 0 Å². The van der Waals surface area contributed by atoms with Crippen LogP contribution in [0.25, 0.3) is 0 Å². The molecule has 18 heavy (non-hydrogen) atoms. The summed E-state index contributed by atoms with van der Waals surface area (Å²) in [4.78, 5) is 6.35. The van der Waals surface area contributed by atoms with E-state index in [1.165, 1.54) is 11.3 Å². The fourth-order valence-corrected chi connectivity index (χ4v) is 2.42. The molecule has 0 amide bonds. The number of benzene rings is 1. The Morgan fingerprint density at radius 1 is 1.28 bits per heavy atom. The zero-order valence-corrected chi connectivity index (χ0v) is 10.0. The van der Waals surface area contributed by atoms with Gasteiger partial charge >= 0.3 is 0 Å². The van der Waals surface area contributed by atoms with E-state index < -0.39 is 0 Å². The van der Waals surface area contributed by atoms with Gasteiger partial charge in [0.1, 0.15) is 11.8 Å². The first-order valence-electron chi connectivity index (χ1n) is 6.05. The fourth-order valence-electron chi connectivity index (χ4n) is 2.42. The van der Waals surface area contributed by atoms with E-state index in [2.05, 4.69) is 40.2 Å². The minimum atomic E-state index is 0.486. The number of hydrogen-bond acceptors (Lipinski definition) is 3. The molecule has 0 atom stereocenters. The quantitative estimate of drug-likeness (QED) is 0.803. The van der Waals surface area contributed by atoms with Crippen molar-refractivity contribution < 1.29 is 0 Å². The molecule has 1 aliphatic heterocycles. The Morgan fingerprint density at radius 2 is 2.17 bits per heavy atom. The van der Waals surface area contributed by atoms with Crippen LogP contribution in [-0.4, -0.2) is 11.5 Å². The number of pyridine rings is 1. The van der Waals surface area contributed by atoms with Crippen molar-refractivity contribution in [3.05, 3.63) is 59.4 Å². The third-order valence-electron chi connectivity index (χ3n) is 3.30. The third-order valence-corrected chi connectivity index (χ3v) is 3.30. The maximum atomic E-state index is 8.85. The zero-order chi connectivity index (χ0) is 12.4. The van der Waals surface area contributed by atoms with E-state index in [0.717, 1.165) is 25.1 Å². The van der Waals surface area contributed by atoms with Gasteiger partial charge in [0.25, 0.3) is 0 Å². The second kappa shape index (κ2) is 4.50. The van der Waals surface area contributed by atoms with Crippen molar-refractivity contribution in [2.24, 2.45) is 0 Å². The lowest BCUT2D eigenvalue weighted by Gasteiger charge is -2.19. The van der Waals surface area contributed by atoms with Crippen LogP contribution in [0.3, 0.4) is 0 Å². The van der Waals surface area contributed by atoms with Gasteiger partial charge in [-0.05, 0) is 35.7 Å². The summed E-state index contributed by atoms with van der Waals surface area (Å²) in [6.07, 6.45) is 2.81. The Hall–Kier alpha value is -2.34. The van der Waals surface area contributed by atoms with Crippen molar-refractivity contribution in [2.75, 3.05) is 11.4 Å². The van der Waals surface area contributed by atoms with Gasteiger partial charge in [-0.3, -0.25) is 0 Å². The minimum absolute atomic E-state index is 0.486. The lowest BCUT2D eigenvalue weighted by atomic mass is 10.2. The molecule has 0 spiro atoms.